The maximum absolute atomic E-state index is 11.1. The molecule has 0 bridgehead atoms. The molecular weight excluding hydrogens is 254 g/mol. The Bertz CT molecular complexity index is 580. The number of hydrogen-bond acceptors (Lipinski definition) is 4. The lowest BCUT2D eigenvalue weighted by Gasteiger charge is -2.08. The van der Waals surface area contributed by atoms with Crippen LogP contribution >= 0.6 is 11.6 Å². The monoisotopic (exact) mass is 265 g/mol. The molecule has 0 unspecified atom stereocenters. The normalized spacial score (nSPS) is 10.4. The fraction of sp³-hybridized carbons (Fsp3) is 0.250. The zero-order valence-corrected chi connectivity index (χ0v) is 10.8. The predicted molar refractivity (Wildman–Crippen MR) is 67.0 cm³/mol. The second kappa shape index (κ2) is 5.18. The number of ether oxygens (including phenoxy) is 1. The molecule has 0 aliphatic heterocycles. The molecule has 0 N–H and O–H groups in total. The number of carbonyl (C=O) groups excluding carboxylic acids is 1. The lowest BCUT2D eigenvalue weighted by atomic mass is 10.2. The quantitative estimate of drug-likeness (QED) is 0.794. The van der Waals surface area contributed by atoms with Crippen LogP contribution in [0.25, 0.3) is 0 Å². The van der Waals surface area contributed by atoms with Gasteiger partial charge < -0.3 is 4.74 Å². The van der Waals surface area contributed by atoms with Crippen LogP contribution in [0.3, 0.4) is 0 Å². The minimum absolute atomic E-state index is 0.187. The molecule has 18 heavy (non-hydrogen) atoms. The van der Waals surface area contributed by atoms with Crippen LogP contribution in [0, 0.1) is 6.92 Å². The molecule has 0 amide bonds. The van der Waals surface area contributed by atoms with Gasteiger partial charge in [0.15, 0.2) is 5.69 Å². The Morgan fingerprint density at radius 3 is 2.78 bits per heavy atom. The van der Waals surface area contributed by atoms with E-state index in [9.17, 15) is 4.79 Å². The van der Waals surface area contributed by atoms with Crippen molar-refractivity contribution in [2.24, 2.45) is 0 Å². The third kappa shape index (κ3) is 2.36. The summed E-state index contributed by atoms with van der Waals surface area (Å²) in [5.41, 5.74) is 1.79. The molecule has 1 heterocycles. The molecule has 0 saturated carbocycles. The number of methoxy groups -OCH3 is 1. The van der Waals surface area contributed by atoms with Crippen molar-refractivity contribution in [3.05, 3.63) is 41.2 Å². The van der Waals surface area contributed by atoms with Crippen LogP contribution < -0.4 is 4.74 Å². The summed E-state index contributed by atoms with van der Waals surface area (Å²) in [6.45, 7) is 2.23. The van der Waals surface area contributed by atoms with Gasteiger partial charge in [0.25, 0.3) is 5.24 Å². The molecule has 0 atom stereocenters. The Kier molecular flexibility index (Phi) is 3.62. The molecule has 94 valence electrons. The van der Waals surface area contributed by atoms with Gasteiger partial charge in [-0.1, -0.05) is 23.4 Å². The van der Waals surface area contributed by atoms with Gasteiger partial charge in [-0.2, -0.15) is 0 Å². The molecule has 1 aromatic carbocycles. The third-order valence-electron chi connectivity index (χ3n) is 2.68. The number of aromatic nitrogens is 3. The molecular formula is C12H12ClN3O2. The van der Waals surface area contributed by atoms with E-state index >= 15 is 0 Å². The zero-order chi connectivity index (χ0) is 13.1. The first-order valence-electron chi connectivity index (χ1n) is 5.35. The van der Waals surface area contributed by atoms with Crippen LogP contribution in [0.5, 0.6) is 5.75 Å². The Hall–Kier alpha value is -1.88. The van der Waals surface area contributed by atoms with Crippen molar-refractivity contribution in [2.45, 2.75) is 13.5 Å². The van der Waals surface area contributed by atoms with Gasteiger partial charge in [0.05, 0.1) is 19.3 Å². The average molecular weight is 266 g/mol. The fourth-order valence-corrected chi connectivity index (χ4v) is 1.86. The van der Waals surface area contributed by atoms with Crippen molar-refractivity contribution in [1.29, 1.82) is 0 Å². The summed E-state index contributed by atoms with van der Waals surface area (Å²) in [4.78, 5) is 11.1. The molecule has 5 nitrogen and oxygen atoms in total. The van der Waals surface area contributed by atoms with E-state index in [2.05, 4.69) is 10.3 Å². The summed E-state index contributed by atoms with van der Waals surface area (Å²) in [5.74, 6) is 0.770. The molecule has 0 radical (unpaired) electrons. The number of nitrogens with zero attached hydrogens (tertiary/aromatic N) is 3. The van der Waals surface area contributed by atoms with E-state index in [1.165, 1.54) is 0 Å². The van der Waals surface area contributed by atoms with Gasteiger partial charge in [0.1, 0.15) is 5.75 Å². The topological polar surface area (TPSA) is 57.0 Å². The summed E-state index contributed by atoms with van der Waals surface area (Å²) in [5, 5.41) is 7.07. The largest absolute Gasteiger partial charge is 0.496 e. The lowest BCUT2D eigenvalue weighted by molar-refractivity contribution is 0.107. The van der Waals surface area contributed by atoms with Crippen molar-refractivity contribution in [3.63, 3.8) is 0 Å². The summed E-state index contributed by atoms with van der Waals surface area (Å²) in [7, 11) is 1.61. The van der Waals surface area contributed by atoms with Crippen molar-refractivity contribution in [2.75, 3.05) is 7.11 Å². The Morgan fingerprint density at radius 1 is 1.44 bits per heavy atom. The highest BCUT2D eigenvalue weighted by Gasteiger charge is 2.15. The van der Waals surface area contributed by atoms with Crippen LogP contribution in [-0.2, 0) is 6.54 Å². The third-order valence-corrected chi connectivity index (χ3v) is 2.86. The van der Waals surface area contributed by atoms with Crippen LogP contribution in [0.4, 0.5) is 0 Å². The standard InChI is InChI=1S/C12H12ClN3O2/c1-8-11(12(13)17)14-15-16(8)7-9-5-3-4-6-10(9)18-2/h3-6H,7H2,1-2H3. The summed E-state index contributed by atoms with van der Waals surface area (Å²) < 4.78 is 6.88. The van der Waals surface area contributed by atoms with Gasteiger partial charge in [-0.3, -0.25) is 4.79 Å². The van der Waals surface area contributed by atoms with E-state index in [1.54, 1.807) is 18.7 Å². The minimum atomic E-state index is -0.598. The first-order chi connectivity index (χ1) is 8.63. The number of rotatable bonds is 4. The number of halogens is 1. The molecule has 2 aromatic rings. The molecule has 1 aromatic heterocycles. The van der Waals surface area contributed by atoms with Crippen LogP contribution in [0.2, 0.25) is 0 Å². The lowest BCUT2D eigenvalue weighted by Crippen LogP contribution is -2.06. The maximum atomic E-state index is 11.1. The number of benzene rings is 1. The van der Waals surface area contributed by atoms with Gasteiger partial charge in [0, 0.05) is 5.56 Å². The molecule has 0 fully saturated rings. The van der Waals surface area contributed by atoms with Gasteiger partial charge in [-0.05, 0) is 24.6 Å². The van der Waals surface area contributed by atoms with Crippen molar-refractivity contribution in [3.8, 4) is 5.75 Å². The molecule has 2 rings (SSSR count). The molecule has 0 saturated heterocycles. The first-order valence-corrected chi connectivity index (χ1v) is 5.73. The van der Waals surface area contributed by atoms with Gasteiger partial charge in [-0.25, -0.2) is 4.68 Å². The Labute approximate surface area is 109 Å². The van der Waals surface area contributed by atoms with Gasteiger partial charge >= 0.3 is 0 Å². The number of para-hydroxylation sites is 1. The summed E-state index contributed by atoms with van der Waals surface area (Å²) >= 11 is 5.40. The highest BCUT2D eigenvalue weighted by atomic mass is 35.5. The second-order valence-corrected chi connectivity index (χ2v) is 4.11. The van der Waals surface area contributed by atoms with E-state index in [0.29, 0.717) is 12.2 Å². The van der Waals surface area contributed by atoms with E-state index in [1.807, 2.05) is 24.3 Å². The molecule has 0 aliphatic carbocycles. The molecule has 0 aliphatic rings. The fourth-order valence-electron chi connectivity index (χ4n) is 1.69. The molecule has 0 spiro atoms. The van der Waals surface area contributed by atoms with E-state index < -0.39 is 5.24 Å². The minimum Gasteiger partial charge on any atom is -0.496 e. The van der Waals surface area contributed by atoms with E-state index in [0.717, 1.165) is 11.3 Å². The Balaban J connectivity index is 2.32. The highest BCUT2D eigenvalue weighted by molar-refractivity contribution is 6.67. The predicted octanol–water partition coefficient (Wildman–Crippen LogP) is 2.02. The van der Waals surface area contributed by atoms with Crippen LogP contribution in [-0.4, -0.2) is 27.3 Å². The zero-order valence-electron chi connectivity index (χ0n) is 10.1. The van der Waals surface area contributed by atoms with Crippen LogP contribution in [0.15, 0.2) is 24.3 Å². The van der Waals surface area contributed by atoms with Crippen LogP contribution in [0.1, 0.15) is 21.7 Å². The number of hydrogen-bond donors (Lipinski definition) is 0. The van der Waals surface area contributed by atoms with E-state index in [-0.39, 0.29) is 5.69 Å². The van der Waals surface area contributed by atoms with Gasteiger partial charge in [0.2, 0.25) is 0 Å². The van der Waals surface area contributed by atoms with E-state index in [4.69, 9.17) is 16.3 Å². The Morgan fingerprint density at radius 2 is 2.17 bits per heavy atom. The van der Waals surface area contributed by atoms with Crippen molar-refractivity contribution >= 4 is 16.8 Å². The van der Waals surface area contributed by atoms with Gasteiger partial charge in [-0.15, -0.1) is 5.10 Å². The average Bonchev–Trinajstić information content (AvgIpc) is 2.72. The van der Waals surface area contributed by atoms with Crippen molar-refractivity contribution < 1.29 is 9.53 Å². The maximum Gasteiger partial charge on any atom is 0.274 e. The summed E-state index contributed by atoms with van der Waals surface area (Å²) in [6, 6.07) is 7.61. The summed E-state index contributed by atoms with van der Waals surface area (Å²) in [6.07, 6.45) is 0. The number of carbonyl (C=O) groups is 1. The highest BCUT2D eigenvalue weighted by Crippen LogP contribution is 2.19. The smallest absolute Gasteiger partial charge is 0.274 e. The first kappa shape index (κ1) is 12.6. The van der Waals surface area contributed by atoms with Crippen molar-refractivity contribution in [1.82, 2.24) is 15.0 Å². The molecule has 6 heteroatoms. The second-order valence-electron chi connectivity index (χ2n) is 3.77. The SMILES string of the molecule is COc1ccccc1Cn1nnc(C(=O)Cl)c1C.